The van der Waals surface area contributed by atoms with Crippen molar-refractivity contribution in [1.82, 2.24) is 0 Å². The van der Waals surface area contributed by atoms with E-state index in [1.54, 1.807) is 24.3 Å². The number of carboxylic acid groups (broad SMARTS) is 1. The molecule has 3 aromatic rings. The van der Waals surface area contributed by atoms with E-state index in [-0.39, 0.29) is 12.8 Å². The number of aryl methyl sites for hydroxylation is 2. The summed E-state index contributed by atoms with van der Waals surface area (Å²) in [4.78, 5) is 13.1. The number of hydrogen-bond acceptors (Lipinski definition) is 3. The molecule has 0 spiro atoms. The zero-order valence-corrected chi connectivity index (χ0v) is 20.7. The molecule has 0 unspecified atom stereocenters. The summed E-state index contributed by atoms with van der Waals surface area (Å²) in [6.45, 7) is 4.16. The molecule has 0 bridgehead atoms. The molecule has 0 saturated carbocycles. The Labute approximate surface area is 213 Å². The second kappa shape index (κ2) is 11.2. The Balaban J connectivity index is 1.43. The maximum absolute atomic E-state index is 14.4. The Kier molecular flexibility index (Phi) is 8.05. The molecule has 1 aliphatic heterocycles. The highest BCUT2D eigenvalue weighted by Crippen LogP contribution is 2.34. The Morgan fingerprint density at radius 3 is 2.43 bits per heavy atom. The molecule has 8 heteroatoms. The number of alkyl halides is 3. The summed E-state index contributed by atoms with van der Waals surface area (Å²) in [6, 6.07) is 14.3. The number of carboxylic acids is 1. The number of halogens is 4. The van der Waals surface area contributed by atoms with E-state index in [9.17, 15) is 22.4 Å². The topological polar surface area (TPSA) is 52.6 Å². The van der Waals surface area contributed by atoms with Gasteiger partial charge in [0.15, 0.2) is 0 Å². The molecule has 0 atom stereocenters. The third-order valence-electron chi connectivity index (χ3n) is 6.91. The smallest absolute Gasteiger partial charge is 0.416 e. The minimum absolute atomic E-state index is 0.118. The average molecular weight is 515 g/mol. The van der Waals surface area contributed by atoms with Gasteiger partial charge in [-0.3, -0.25) is 4.79 Å². The molecule has 0 saturated heterocycles. The van der Waals surface area contributed by atoms with E-state index in [2.05, 4.69) is 29.3 Å². The number of carbonyl (C=O) groups is 1. The molecule has 4 rings (SSSR count). The van der Waals surface area contributed by atoms with E-state index in [1.807, 2.05) is 0 Å². The van der Waals surface area contributed by atoms with E-state index in [4.69, 9.17) is 5.11 Å². The third kappa shape index (κ3) is 6.61. The maximum atomic E-state index is 14.4. The van der Waals surface area contributed by atoms with Gasteiger partial charge in [-0.05, 0) is 84.7 Å². The molecule has 0 fully saturated rings. The number of fused-ring (bicyclic) bond motifs is 1. The molecular formula is C29H30F4N2O2. The lowest BCUT2D eigenvalue weighted by atomic mass is 9.94. The minimum atomic E-state index is -4.33. The Hall–Kier alpha value is -3.55. The zero-order valence-electron chi connectivity index (χ0n) is 20.7. The first kappa shape index (κ1) is 26.5. The predicted molar refractivity (Wildman–Crippen MR) is 137 cm³/mol. The number of rotatable bonds is 9. The van der Waals surface area contributed by atoms with Gasteiger partial charge in [-0.25, -0.2) is 4.39 Å². The Morgan fingerprint density at radius 1 is 1.03 bits per heavy atom. The van der Waals surface area contributed by atoms with Crippen LogP contribution in [-0.4, -0.2) is 24.2 Å². The van der Waals surface area contributed by atoms with E-state index in [1.165, 1.54) is 17.3 Å². The average Bonchev–Trinajstić information content (AvgIpc) is 2.86. The van der Waals surface area contributed by atoms with Gasteiger partial charge < -0.3 is 15.3 Å². The van der Waals surface area contributed by atoms with Crippen LogP contribution in [0.2, 0.25) is 0 Å². The Bertz CT molecular complexity index is 1260. The quantitative estimate of drug-likeness (QED) is 0.309. The van der Waals surface area contributed by atoms with Crippen molar-refractivity contribution >= 4 is 17.3 Å². The van der Waals surface area contributed by atoms with E-state index >= 15 is 0 Å². The summed E-state index contributed by atoms with van der Waals surface area (Å²) in [5.41, 5.74) is 5.87. The molecule has 3 aromatic carbocycles. The Morgan fingerprint density at radius 2 is 1.76 bits per heavy atom. The molecule has 0 amide bonds. The van der Waals surface area contributed by atoms with Crippen molar-refractivity contribution in [3.8, 4) is 0 Å². The van der Waals surface area contributed by atoms with Crippen LogP contribution in [0.25, 0.3) is 0 Å². The third-order valence-corrected chi connectivity index (χ3v) is 6.91. The molecule has 0 radical (unpaired) electrons. The van der Waals surface area contributed by atoms with Gasteiger partial charge in [0.05, 0.1) is 5.56 Å². The van der Waals surface area contributed by atoms with Gasteiger partial charge >= 0.3 is 12.1 Å². The fourth-order valence-electron chi connectivity index (χ4n) is 4.85. The van der Waals surface area contributed by atoms with Crippen LogP contribution in [0.1, 0.15) is 46.2 Å². The van der Waals surface area contributed by atoms with Crippen molar-refractivity contribution in [2.45, 2.75) is 51.7 Å². The molecule has 0 aliphatic carbocycles. The highest BCUT2D eigenvalue weighted by atomic mass is 19.4. The van der Waals surface area contributed by atoms with Crippen LogP contribution in [0, 0.1) is 12.7 Å². The highest BCUT2D eigenvalue weighted by molar-refractivity contribution is 5.67. The van der Waals surface area contributed by atoms with Crippen molar-refractivity contribution < 1.29 is 27.5 Å². The maximum Gasteiger partial charge on any atom is 0.416 e. The molecule has 1 heterocycles. The summed E-state index contributed by atoms with van der Waals surface area (Å²) >= 11 is 0. The van der Waals surface area contributed by atoms with Gasteiger partial charge in [0, 0.05) is 37.4 Å². The van der Waals surface area contributed by atoms with Crippen LogP contribution in [0.5, 0.6) is 0 Å². The second-order valence-corrected chi connectivity index (χ2v) is 9.45. The minimum Gasteiger partial charge on any atom is -0.481 e. The monoisotopic (exact) mass is 514 g/mol. The summed E-state index contributed by atoms with van der Waals surface area (Å²) in [6.07, 6.45) is -1.66. The number of anilines is 2. The molecule has 1 aliphatic rings. The number of nitrogens with zero attached hydrogens (tertiary/aromatic N) is 1. The van der Waals surface area contributed by atoms with Crippen LogP contribution >= 0.6 is 0 Å². The van der Waals surface area contributed by atoms with Crippen LogP contribution in [0.15, 0.2) is 54.6 Å². The number of benzene rings is 3. The lowest BCUT2D eigenvalue weighted by molar-refractivity contribution is -0.138. The second-order valence-electron chi connectivity index (χ2n) is 9.45. The van der Waals surface area contributed by atoms with Crippen LogP contribution < -0.4 is 10.2 Å². The molecular weight excluding hydrogens is 484 g/mol. The predicted octanol–water partition coefficient (Wildman–Crippen LogP) is 6.78. The summed E-state index contributed by atoms with van der Waals surface area (Å²) in [7, 11) is 0. The van der Waals surface area contributed by atoms with Crippen molar-refractivity contribution in [1.29, 1.82) is 0 Å². The van der Waals surface area contributed by atoms with Gasteiger partial charge in [-0.1, -0.05) is 30.3 Å². The molecule has 0 aromatic heterocycles. The van der Waals surface area contributed by atoms with E-state index in [0.717, 1.165) is 48.2 Å². The van der Waals surface area contributed by atoms with Gasteiger partial charge in [0.25, 0.3) is 0 Å². The van der Waals surface area contributed by atoms with Crippen molar-refractivity contribution in [3.05, 3.63) is 93.8 Å². The van der Waals surface area contributed by atoms with Crippen LogP contribution in [0.4, 0.5) is 28.9 Å². The first-order chi connectivity index (χ1) is 17.6. The number of aliphatic carboxylic acids is 1. The summed E-state index contributed by atoms with van der Waals surface area (Å²) in [5.74, 6) is -1.39. The SMILES string of the molecule is Cc1c(CNc2ccc(CCC(=O)O)c(F)c2)ccc2c1N(CCc1ccc(C(F)(F)F)cc1)CCC2. The first-order valence-electron chi connectivity index (χ1n) is 12.4. The summed E-state index contributed by atoms with van der Waals surface area (Å²) < 4.78 is 53.0. The molecule has 2 N–H and O–H groups in total. The molecule has 196 valence electrons. The lowest BCUT2D eigenvalue weighted by Crippen LogP contribution is -2.32. The fourth-order valence-corrected chi connectivity index (χ4v) is 4.85. The number of nitrogens with one attached hydrogen (secondary N) is 1. The zero-order chi connectivity index (χ0) is 26.6. The summed E-state index contributed by atoms with van der Waals surface area (Å²) in [5, 5.41) is 12.1. The standard InChI is InChI=1S/C29H30F4N2O2/c1-19-23(18-34-25-12-8-21(26(30)17-25)9-13-27(36)37)7-6-22-3-2-15-35(28(19)22)16-14-20-4-10-24(11-5-20)29(31,32)33/h4-8,10-12,17,34H,2-3,9,13-16,18H2,1H3,(H,36,37). The van der Waals surface area contributed by atoms with Gasteiger partial charge in [-0.15, -0.1) is 0 Å². The molecule has 4 nitrogen and oxygen atoms in total. The van der Waals surface area contributed by atoms with E-state index < -0.39 is 23.5 Å². The fraction of sp³-hybridized carbons (Fsp3) is 0.345. The number of hydrogen-bond donors (Lipinski definition) is 2. The largest absolute Gasteiger partial charge is 0.481 e. The normalized spacial score (nSPS) is 13.4. The van der Waals surface area contributed by atoms with Gasteiger partial charge in [0.1, 0.15) is 5.82 Å². The van der Waals surface area contributed by atoms with Gasteiger partial charge in [-0.2, -0.15) is 13.2 Å². The van der Waals surface area contributed by atoms with Crippen molar-refractivity contribution in [2.24, 2.45) is 0 Å². The lowest BCUT2D eigenvalue weighted by Gasteiger charge is -2.34. The van der Waals surface area contributed by atoms with Crippen molar-refractivity contribution in [2.75, 3.05) is 23.3 Å². The van der Waals surface area contributed by atoms with E-state index in [0.29, 0.717) is 30.8 Å². The molecule has 37 heavy (non-hydrogen) atoms. The van der Waals surface area contributed by atoms with Gasteiger partial charge in [0.2, 0.25) is 0 Å². The van der Waals surface area contributed by atoms with Crippen LogP contribution in [-0.2, 0) is 36.8 Å². The first-order valence-corrected chi connectivity index (χ1v) is 12.4. The van der Waals surface area contributed by atoms with Crippen molar-refractivity contribution in [3.63, 3.8) is 0 Å². The van der Waals surface area contributed by atoms with Crippen LogP contribution in [0.3, 0.4) is 0 Å². The highest BCUT2D eigenvalue weighted by Gasteiger charge is 2.30.